The lowest BCUT2D eigenvalue weighted by molar-refractivity contribution is -0.123. The molecule has 4 heteroatoms. The molecule has 0 aliphatic carbocycles. The lowest BCUT2D eigenvalue weighted by Crippen LogP contribution is -2.39. The van der Waals surface area contributed by atoms with Crippen LogP contribution in [-0.4, -0.2) is 38.8 Å². The zero-order valence-electron chi connectivity index (χ0n) is 10.6. The number of amides is 1. The molecule has 1 fully saturated rings. The van der Waals surface area contributed by atoms with Crippen molar-refractivity contribution in [3.8, 4) is 0 Å². The predicted octanol–water partition coefficient (Wildman–Crippen LogP) is 0.773. The van der Waals surface area contributed by atoms with E-state index in [0.29, 0.717) is 24.9 Å². The number of carbonyl (C=O) groups is 1. The number of methoxy groups -OCH3 is 1. The minimum absolute atomic E-state index is 0.143. The summed E-state index contributed by atoms with van der Waals surface area (Å²) < 4.78 is 5.02. The van der Waals surface area contributed by atoms with E-state index in [1.54, 1.807) is 7.11 Å². The van der Waals surface area contributed by atoms with E-state index < -0.39 is 0 Å². The fraction of sp³-hybridized carbons (Fsp3) is 0.917. The molecule has 94 valence electrons. The molecule has 0 spiro atoms. The number of nitrogens with one attached hydrogen (secondary N) is 2. The third-order valence-electron chi connectivity index (χ3n) is 3.18. The van der Waals surface area contributed by atoms with Crippen molar-refractivity contribution in [3.05, 3.63) is 0 Å². The Hall–Kier alpha value is -0.610. The lowest BCUT2D eigenvalue weighted by atomic mass is 10.00. The summed E-state index contributed by atoms with van der Waals surface area (Å²) in [6.45, 7) is 6.87. The first-order valence-electron chi connectivity index (χ1n) is 6.12. The quantitative estimate of drug-likeness (QED) is 0.706. The molecule has 2 N–H and O–H groups in total. The van der Waals surface area contributed by atoms with E-state index in [0.717, 1.165) is 19.5 Å². The monoisotopic (exact) mass is 228 g/mol. The summed E-state index contributed by atoms with van der Waals surface area (Å²) in [5.74, 6) is 1.02. The van der Waals surface area contributed by atoms with Crippen molar-refractivity contribution in [1.82, 2.24) is 10.6 Å². The Kier molecular flexibility index (Phi) is 5.77. The van der Waals surface area contributed by atoms with Crippen molar-refractivity contribution >= 4 is 5.91 Å². The third kappa shape index (κ3) is 4.49. The average Bonchev–Trinajstić information content (AvgIpc) is 2.69. The van der Waals surface area contributed by atoms with Crippen molar-refractivity contribution < 1.29 is 9.53 Å². The zero-order valence-corrected chi connectivity index (χ0v) is 10.6. The second kappa shape index (κ2) is 6.86. The maximum absolute atomic E-state index is 11.7. The van der Waals surface area contributed by atoms with Crippen LogP contribution in [0.1, 0.15) is 26.7 Å². The van der Waals surface area contributed by atoms with Crippen molar-refractivity contribution in [2.75, 3.05) is 26.8 Å². The molecule has 1 saturated heterocycles. The molecule has 1 aliphatic heterocycles. The summed E-state index contributed by atoms with van der Waals surface area (Å²) in [6.07, 6.45) is 1.72. The number of ether oxygens (including phenoxy) is 1. The van der Waals surface area contributed by atoms with Gasteiger partial charge in [0, 0.05) is 26.2 Å². The summed E-state index contributed by atoms with van der Waals surface area (Å²) in [4.78, 5) is 11.7. The van der Waals surface area contributed by atoms with Gasteiger partial charge in [-0.05, 0) is 38.3 Å². The van der Waals surface area contributed by atoms with Crippen LogP contribution in [0, 0.1) is 11.8 Å². The molecule has 0 bridgehead atoms. The van der Waals surface area contributed by atoms with Gasteiger partial charge in [0.15, 0.2) is 0 Å². The van der Waals surface area contributed by atoms with E-state index >= 15 is 0 Å². The van der Waals surface area contributed by atoms with Gasteiger partial charge in [0.1, 0.15) is 0 Å². The van der Waals surface area contributed by atoms with Crippen molar-refractivity contribution in [2.24, 2.45) is 11.8 Å². The van der Waals surface area contributed by atoms with Gasteiger partial charge >= 0.3 is 0 Å². The normalized spacial score (nSPS) is 24.1. The van der Waals surface area contributed by atoms with Gasteiger partial charge in [0.2, 0.25) is 5.91 Å². The van der Waals surface area contributed by atoms with E-state index in [4.69, 9.17) is 4.74 Å². The van der Waals surface area contributed by atoms with Gasteiger partial charge in [-0.3, -0.25) is 4.79 Å². The van der Waals surface area contributed by atoms with Crippen LogP contribution in [0.25, 0.3) is 0 Å². The number of hydrogen-bond donors (Lipinski definition) is 2. The van der Waals surface area contributed by atoms with Crippen LogP contribution in [0.2, 0.25) is 0 Å². The van der Waals surface area contributed by atoms with Crippen molar-refractivity contribution in [2.45, 2.75) is 32.7 Å². The number of carbonyl (C=O) groups excluding carboxylic acids is 1. The molecule has 1 rings (SSSR count). The minimum atomic E-state index is 0.143. The highest BCUT2D eigenvalue weighted by atomic mass is 16.5. The van der Waals surface area contributed by atoms with E-state index in [-0.39, 0.29) is 11.9 Å². The fourth-order valence-corrected chi connectivity index (χ4v) is 2.19. The molecule has 1 amide bonds. The van der Waals surface area contributed by atoms with Gasteiger partial charge < -0.3 is 15.4 Å². The molecule has 0 aromatic heterocycles. The Morgan fingerprint density at radius 2 is 2.31 bits per heavy atom. The largest absolute Gasteiger partial charge is 0.384 e. The van der Waals surface area contributed by atoms with Crippen LogP contribution in [0.15, 0.2) is 0 Å². The summed E-state index contributed by atoms with van der Waals surface area (Å²) in [7, 11) is 1.67. The van der Waals surface area contributed by atoms with E-state index in [1.807, 2.05) is 6.92 Å². The summed E-state index contributed by atoms with van der Waals surface area (Å²) in [6, 6.07) is 0.275. The molecule has 0 aromatic rings. The van der Waals surface area contributed by atoms with Crippen LogP contribution in [0.3, 0.4) is 0 Å². The SMILES string of the molecule is COCC(C)CC(=O)NC(C)C1CCNC1. The fourth-order valence-electron chi connectivity index (χ4n) is 2.19. The summed E-state index contributed by atoms with van der Waals surface area (Å²) >= 11 is 0. The minimum Gasteiger partial charge on any atom is -0.384 e. The summed E-state index contributed by atoms with van der Waals surface area (Å²) in [5, 5.41) is 6.39. The molecule has 3 unspecified atom stereocenters. The first-order valence-corrected chi connectivity index (χ1v) is 6.12. The highest BCUT2D eigenvalue weighted by molar-refractivity contribution is 5.76. The highest BCUT2D eigenvalue weighted by Gasteiger charge is 2.22. The Bertz CT molecular complexity index is 215. The molecule has 1 heterocycles. The average molecular weight is 228 g/mol. The zero-order chi connectivity index (χ0) is 12.0. The maximum Gasteiger partial charge on any atom is 0.220 e. The van der Waals surface area contributed by atoms with Crippen molar-refractivity contribution in [3.63, 3.8) is 0 Å². The molecule has 16 heavy (non-hydrogen) atoms. The van der Waals surface area contributed by atoms with Crippen LogP contribution < -0.4 is 10.6 Å². The Labute approximate surface area is 98.1 Å². The van der Waals surface area contributed by atoms with E-state index in [1.165, 1.54) is 0 Å². The predicted molar refractivity (Wildman–Crippen MR) is 64.2 cm³/mol. The summed E-state index contributed by atoms with van der Waals surface area (Å²) in [5.41, 5.74) is 0. The van der Waals surface area contributed by atoms with Gasteiger partial charge in [-0.2, -0.15) is 0 Å². The van der Waals surface area contributed by atoms with Gasteiger partial charge in [0.05, 0.1) is 0 Å². The van der Waals surface area contributed by atoms with Crippen LogP contribution in [0.4, 0.5) is 0 Å². The van der Waals surface area contributed by atoms with Crippen molar-refractivity contribution in [1.29, 1.82) is 0 Å². The third-order valence-corrected chi connectivity index (χ3v) is 3.18. The molecule has 0 saturated carbocycles. The van der Waals surface area contributed by atoms with Gasteiger partial charge in [-0.15, -0.1) is 0 Å². The standard InChI is InChI=1S/C12H24N2O2/c1-9(8-16-3)6-12(15)14-10(2)11-4-5-13-7-11/h9-11,13H,4-8H2,1-3H3,(H,14,15). The number of hydrogen-bond acceptors (Lipinski definition) is 3. The Balaban J connectivity index is 2.22. The van der Waals surface area contributed by atoms with E-state index in [9.17, 15) is 4.79 Å². The molecular weight excluding hydrogens is 204 g/mol. The van der Waals surface area contributed by atoms with Gasteiger partial charge in [0.25, 0.3) is 0 Å². The second-order valence-electron chi connectivity index (χ2n) is 4.87. The topological polar surface area (TPSA) is 50.4 Å². The van der Waals surface area contributed by atoms with Crippen LogP contribution in [0.5, 0.6) is 0 Å². The van der Waals surface area contributed by atoms with Gasteiger partial charge in [-0.1, -0.05) is 6.92 Å². The lowest BCUT2D eigenvalue weighted by Gasteiger charge is -2.20. The molecular formula is C12H24N2O2. The van der Waals surface area contributed by atoms with Crippen LogP contribution >= 0.6 is 0 Å². The van der Waals surface area contributed by atoms with Crippen LogP contribution in [-0.2, 0) is 9.53 Å². The second-order valence-corrected chi connectivity index (χ2v) is 4.87. The molecule has 0 radical (unpaired) electrons. The Morgan fingerprint density at radius 1 is 1.56 bits per heavy atom. The maximum atomic E-state index is 11.7. The Morgan fingerprint density at radius 3 is 2.88 bits per heavy atom. The number of rotatable bonds is 6. The van der Waals surface area contributed by atoms with Gasteiger partial charge in [-0.25, -0.2) is 0 Å². The molecule has 1 aliphatic rings. The first-order chi connectivity index (χ1) is 7.63. The molecule has 0 aromatic carbocycles. The first kappa shape index (κ1) is 13.5. The molecule has 3 atom stereocenters. The smallest absolute Gasteiger partial charge is 0.220 e. The highest BCUT2D eigenvalue weighted by Crippen LogP contribution is 2.12. The van der Waals surface area contributed by atoms with E-state index in [2.05, 4.69) is 17.6 Å². The molecule has 4 nitrogen and oxygen atoms in total.